The molecule has 0 bridgehead atoms. The summed E-state index contributed by atoms with van der Waals surface area (Å²) in [6.07, 6.45) is 2.75. The van der Waals surface area contributed by atoms with Gasteiger partial charge < -0.3 is 19.9 Å². The largest absolute Gasteiger partial charge is 0.486 e. The molecule has 1 aliphatic rings. The fourth-order valence-electron chi connectivity index (χ4n) is 2.26. The molecule has 1 aliphatic heterocycles. The summed E-state index contributed by atoms with van der Waals surface area (Å²) in [6, 6.07) is 3.41. The molecular formula is C15H20ClNO4. The molecule has 2 rings (SSSR count). The third-order valence-electron chi connectivity index (χ3n) is 3.43. The lowest BCUT2D eigenvalue weighted by Gasteiger charge is -2.21. The molecule has 0 aliphatic carbocycles. The maximum Gasteiger partial charge on any atom is 0.305 e. The second kappa shape index (κ2) is 7.52. The number of nitrogens with two attached hydrogens (primary N) is 1. The van der Waals surface area contributed by atoms with Crippen LogP contribution in [0.4, 0.5) is 0 Å². The van der Waals surface area contributed by atoms with Gasteiger partial charge in [0.1, 0.15) is 13.2 Å². The van der Waals surface area contributed by atoms with E-state index >= 15 is 0 Å². The summed E-state index contributed by atoms with van der Waals surface area (Å²) in [5.41, 5.74) is 7.03. The van der Waals surface area contributed by atoms with Gasteiger partial charge in [-0.15, -0.1) is 0 Å². The number of carbonyl (C=O) groups is 1. The highest BCUT2D eigenvalue weighted by atomic mass is 35.5. The highest BCUT2D eigenvalue weighted by molar-refractivity contribution is 6.31. The van der Waals surface area contributed by atoms with Crippen molar-refractivity contribution in [1.82, 2.24) is 0 Å². The molecule has 0 saturated carbocycles. The van der Waals surface area contributed by atoms with Gasteiger partial charge in [0.05, 0.1) is 7.11 Å². The molecule has 1 aromatic rings. The highest BCUT2D eigenvalue weighted by Crippen LogP contribution is 2.38. The van der Waals surface area contributed by atoms with E-state index in [1.54, 1.807) is 6.07 Å². The van der Waals surface area contributed by atoms with Gasteiger partial charge in [-0.1, -0.05) is 18.0 Å². The molecule has 0 saturated heterocycles. The molecule has 21 heavy (non-hydrogen) atoms. The smallest absolute Gasteiger partial charge is 0.305 e. The normalized spacial score (nSPS) is 14.6. The third-order valence-corrected chi connectivity index (χ3v) is 3.76. The van der Waals surface area contributed by atoms with Crippen molar-refractivity contribution < 1.29 is 19.0 Å². The van der Waals surface area contributed by atoms with Crippen LogP contribution in [0, 0.1) is 0 Å². The van der Waals surface area contributed by atoms with E-state index in [2.05, 4.69) is 4.74 Å². The maximum absolute atomic E-state index is 11.0. The Kier molecular flexibility index (Phi) is 5.70. The monoisotopic (exact) mass is 313 g/mol. The minimum atomic E-state index is -0.194. The molecule has 6 heteroatoms. The molecule has 0 radical (unpaired) electrons. The van der Waals surface area contributed by atoms with Gasteiger partial charge in [0, 0.05) is 23.6 Å². The molecule has 0 spiro atoms. The van der Waals surface area contributed by atoms with Crippen molar-refractivity contribution in [1.29, 1.82) is 0 Å². The van der Waals surface area contributed by atoms with E-state index in [1.165, 1.54) is 7.11 Å². The number of unbranched alkanes of at least 4 members (excludes halogenated alkanes) is 1. The van der Waals surface area contributed by atoms with Crippen LogP contribution >= 0.6 is 11.6 Å². The second-order valence-electron chi connectivity index (χ2n) is 4.95. The zero-order valence-corrected chi connectivity index (χ0v) is 12.8. The molecule has 0 fully saturated rings. The van der Waals surface area contributed by atoms with Gasteiger partial charge in [0.15, 0.2) is 11.5 Å². The van der Waals surface area contributed by atoms with E-state index in [0.29, 0.717) is 36.2 Å². The third kappa shape index (κ3) is 4.25. The Hall–Kier alpha value is -1.46. The summed E-state index contributed by atoms with van der Waals surface area (Å²) in [4.78, 5) is 11.0. The number of rotatable bonds is 6. The lowest BCUT2D eigenvalue weighted by atomic mass is 10.0. The number of ether oxygens (including phenoxy) is 3. The van der Waals surface area contributed by atoms with Crippen LogP contribution in [-0.4, -0.2) is 26.3 Å². The van der Waals surface area contributed by atoms with Gasteiger partial charge in [0.25, 0.3) is 0 Å². The van der Waals surface area contributed by atoms with E-state index in [4.69, 9.17) is 26.8 Å². The lowest BCUT2D eigenvalue weighted by molar-refractivity contribution is -0.140. The van der Waals surface area contributed by atoms with Crippen LogP contribution in [0.2, 0.25) is 5.02 Å². The van der Waals surface area contributed by atoms with E-state index < -0.39 is 0 Å². The number of hydrogen-bond donors (Lipinski definition) is 1. The molecule has 5 nitrogen and oxygen atoms in total. The first kappa shape index (κ1) is 15.9. The molecule has 0 amide bonds. The summed E-state index contributed by atoms with van der Waals surface area (Å²) >= 11 is 6.25. The summed E-state index contributed by atoms with van der Waals surface area (Å²) in [5.74, 6) is 1.15. The first-order valence-corrected chi connectivity index (χ1v) is 7.41. The molecule has 1 atom stereocenters. The predicted molar refractivity (Wildman–Crippen MR) is 79.9 cm³/mol. The van der Waals surface area contributed by atoms with Gasteiger partial charge in [-0.3, -0.25) is 4.79 Å². The Labute approximate surface area is 129 Å². The standard InChI is InChI=1S/C15H20ClNO4/c1-19-15(18)5-3-2-4-12(17)10-8-13-14(9-11(10)16)21-7-6-20-13/h8-9,12H,2-7,17H2,1H3. The number of benzene rings is 1. The van der Waals surface area contributed by atoms with Crippen molar-refractivity contribution in [3.8, 4) is 11.5 Å². The van der Waals surface area contributed by atoms with Crippen molar-refractivity contribution in [3.63, 3.8) is 0 Å². The van der Waals surface area contributed by atoms with Crippen molar-refractivity contribution >= 4 is 17.6 Å². The molecule has 0 aromatic heterocycles. The second-order valence-corrected chi connectivity index (χ2v) is 5.35. The van der Waals surface area contributed by atoms with Crippen molar-refractivity contribution in [3.05, 3.63) is 22.7 Å². The highest BCUT2D eigenvalue weighted by Gasteiger charge is 2.18. The maximum atomic E-state index is 11.0. The van der Waals surface area contributed by atoms with Crippen molar-refractivity contribution in [2.75, 3.05) is 20.3 Å². The van der Waals surface area contributed by atoms with Crippen LogP contribution in [0.25, 0.3) is 0 Å². The Morgan fingerprint density at radius 3 is 2.67 bits per heavy atom. The minimum Gasteiger partial charge on any atom is -0.486 e. The Morgan fingerprint density at radius 1 is 1.33 bits per heavy atom. The van der Waals surface area contributed by atoms with E-state index in [-0.39, 0.29) is 12.0 Å². The number of carbonyl (C=O) groups excluding carboxylic acids is 1. The van der Waals surface area contributed by atoms with Gasteiger partial charge in [-0.2, -0.15) is 0 Å². The lowest BCUT2D eigenvalue weighted by Crippen LogP contribution is -2.17. The Morgan fingerprint density at radius 2 is 2.00 bits per heavy atom. The average Bonchev–Trinajstić information content (AvgIpc) is 2.50. The number of fused-ring (bicyclic) bond motifs is 1. The minimum absolute atomic E-state index is 0.189. The SMILES string of the molecule is COC(=O)CCCCC(N)c1cc2c(cc1Cl)OCCO2. The zero-order valence-electron chi connectivity index (χ0n) is 12.1. The van der Waals surface area contributed by atoms with Crippen LogP contribution in [-0.2, 0) is 9.53 Å². The fourth-order valence-corrected chi connectivity index (χ4v) is 2.55. The zero-order chi connectivity index (χ0) is 15.2. The van der Waals surface area contributed by atoms with Crippen LogP contribution in [0.5, 0.6) is 11.5 Å². The Balaban J connectivity index is 1.92. The van der Waals surface area contributed by atoms with Crippen LogP contribution in [0.1, 0.15) is 37.3 Å². The quantitative estimate of drug-likeness (QED) is 0.646. The summed E-state index contributed by atoms with van der Waals surface area (Å²) in [6.45, 7) is 1.06. The number of methoxy groups -OCH3 is 1. The molecule has 1 aromatic carbocycles. The van der Waals surface area contributed by atoms with Crippen molar-refractivity contribution in [2.45, 2.75) is 31.7 Å². The van der Waals surface area contributed by atoms with Crippen molar-refractivity contribution in [2.24, 2.45) is 5.73 Å². The van der Waals surface area contributed by atoms with Crippen LogP contribution < -0.4 is 15.2 Å². The summed E-state index contributed by atoms with van der Waals surface area (Å²) in [5, 5.41) is 0.583. The number of hydrogen-bond acceptors (Lipinski definition) is 5. The topological polar surface area (TPSA) is 70.8 Å². The molecular weight excluding hydrogens is 294 g/mol. The van der Waals surface area contributed by atoms with Gasteiger partial charge in [-0.25, -0.2) is 0 Å². The molecule has 2 N–H and O–H groups in total. The first-order chi connectivity index (χ1) is 10.1. The van der Waals surface area contributed by atoms with Gasteiger partial charge in [-0.05, 0) is 24.5 Å². The molecule has 116 valence electrons. The van der Waals surface area contributed by atoms with Gasteiger partial charge in [0.2, 0.25) is 0 Å². The van der Waals surface area contributed by atoms with Gasteiger partial charge >= 0.3 is 5.97 Å². The summed E-state index contributed by atoms with van der Waals surface area (Å²) in [7, 11) is 1.39. The van der Waals surface area contributed by atoms with E-state index in [9.17, 15) is 4.79 Å². The first-order valence-electron chi connectivity index (χ1n) is 7.03. The van der Waals surface area contributed by atoms with E-state index in [0.717, 1.165) is 24.8 Å². The molecule has 1 heterocycles. The fraction of sp³-hybridized carbons (Fsp3) is 0.533. The molecule has 1 unspecified atom stereocenters. The number of esters is 1. The Bertz CT molecular complexity index is 507. The van der Waals surface area contributed by atoms with E-state index in [1.807, 2.05) is 6.07 Å². The average molecular weight is 314 g/mol. The predicted octanol–water partition coefficient (Wildman–Crippen LogP) is 2.84. The summed E-state index contributed by atoms with van der Waals surface area (Å²) < 4.78 is 15.6. The van der Waals surface area contributed by atoms with Crippen LogP contribution in [0.3, 0.4) is 0 Å². The van der Waals surface area contributed by atoms with Crippen LogP contribution in [0.15, 0.2) is 12.1 Å². The number of halogens is 1.